The van der Waals surface area contributed by atoms with E-state index in [2.05, 4.69) is 27.9 Å². The molecule has 2 aliphatic rings. The Morgan fingerprint density at radius 3 is 2.59 bits per heavy atom. The zero-order valence-electron chi connectivity index (χ0n) is 11.5. The van der Waals surface area contributed by atoms with Crippen molar-refractivity contribution in [1.29, 1.82) is 0 Å². The van der Waals surface area contributed by atoms with Crippen LogP contribution >= 0.6 is 22.6 Å². The number of hydrogen-bond acceptors (Lipinski definition) is 4. The molecule has 1 N–H and O–H groups in total. The molecule has 0 aromatic heterocycles. The lowest BCUT2D eigenvalue weighted by Crippen LogP contribution is -2.58. The average Bonchev–Trinajstić information content (AvgIpc) is 2.73. The van der Waals surface area contributed by atoms with Crippen LogP contribution in [0.2, 0.25) is 0 Å². The summed E-state index contributed by atoms with van der Waals surface area (Å²) in [5.74, 6) is -1.45. The zero-order chi connectivity index (χ0) is 15.9. The number of benzene rings is 1. The Morgan fingerprint density at radius 2 is 1.91 bits per heavy atom. The molecular weight excluding hydrogens is 401 g/mol. The van der Waals surface area contributed by atoms with Crippen LogP contribution in [0.3, 0.4) is 0 Å². The van der Waals surface area contributed by atoms with Gasteiger partial charge in [0.2, 0.25) is 5.91 Å². The van der Waals surface area contributed by atoms with Crippen LogP contribution in [0.4, 0.5) is 4.79 Å². The molecule has 1 aromatic carbocycles. The third-order valence-corrected chi connectivity index (χ3v) is 4.16. The first-order chi connectivity index (χ1) is 10.5. The number of amides is 5. The minimum Gasteiger partial charge on any atom is -0.276 e. The summed E-state index contributed by atoms with van der Waals surface area (Å²) in [6.45, 7) is 0.0117. The van der Waals surface area contributed by atoms with Gasteiger partial charge in [-0.15, -0.1) is 0 Å². The molecule has 0 bridgehead atoms. The van der Waals surface area contributed by atoms with Crippen molar-refractivity contribution in [1.82, 2.24) is 15.3 Å². The number of hydrogen-bond donors (Lipinski definition) is 1. The maximum absolute atomic E-state index is 12.6. The van der Waals surface area contributed by atoms with E-state index >= 15 is 0 Å². The van der Waals surface area contributed by atoms with E-state index in [0.717, 1.165) is 20.0 Å². The normalized spacial score (nSPS) is 17.9. The van der Waals surface area contributed by atoms with Gasteiger partial charge in [0.05, 0.1) is 17.7 Å². The highest BCUT2D eigenvalue weighted by Crippen LogP contribution is 2.28. The monoisotopic (exact) mass is 413 g/mol. The second-order valence-electron chi connectivity index (χ2n) is 4.93. The first-order valence-corrected chi connectivity index (χ1v) is 8.25. The van der Waals surface area contributed by atoms with E-state index in [9.17, 15) is 19.2 Å². The van der Waals surface area contributed by atoms with Gasteiger partial charge < -0.3 is 0 Å². The summed E-state index contributed by atoms with van der Waals surface area (Å²) >= 11 is 2.20. The van der Waals surface area contributed by atoms with Gasteiger partial charge in [0.1, 0.15) is 0 Å². The lowest BCUT2D eigenvalue weighted by molar-refractivity contribution is -0.122. The number of rotatable bonds is 3. The van der Waals surface area contributed by atoms with E-state index in [1.165, 1.54) is 0 Å². The molecule has 2 heterocycles. The fraction of sp³-hybridized carbons (Fsp3) is 0.286. The van der Waals surface area contributed by atoms with Gasteiger partial charge in [0, 0.05) is 10.8 Å². The highest BCUT2D eigenvalue weighted by atomic mass is 127. The van der Waals surface area contributed by atoms with E-state index in [4.69, 9.17) is 0 Å². The molecular formula is C14H12IN3O4. The Balaban J connectivity index is 1.98. The predicted molar refractivity (Wildman–Crippen MR) is 84.4 cm³/mol. The number of hydrazine groups is 1. The number of urea groups is 1. The molecule has 1 fully saturated rings. The topological polar surface area (TPSA) is 86.8 Å². The van der Waals surface area contributed by atoms with Crippen LogP contribution in [-0.2, 0) is 11.2 Å². The molecule has 1 saturated heterocycles. The highest BCUT2D eigenvalue weighted by molar-refractivity contribution is 14.1. The van der Waals surface area contributed by atoms with Crippen LogP contribution in [0.1, 0.15) is 32.7 Å². The van der Waals surface area contributed by atoms with Gasteiger partial charge in [-0.3, -0.25) is 19.7 Å². The standard InChI is InChI=1S/C14H12IN3O4/c15-6-4-8-2-1-3-9-11(8)13(21)18(12(9)20)17-7-5-10(19)16-14(17)22/h1-3H,4-7H2,(H,16,19,22). The number of nitrogens with one attached hydrogen (secondary N) is 1. The van der Waals surface area contributed by atoms with Crippen LogP contribution in [0, 0.1) is 0 Å². The quantitative estimate of drug-likeness (QED) is 0.457. The van der Waals surface area contributed by atoms with Crippen LogP contribution in [0.15, 0.2) is 18.2 Å². The number of halogens is 1. The van der Waals surface area contributed by atoms with Gasteiger partial charge in [-0.1, -0.05) is 34.7 Å². The third-order valence-electron chi connectivity index (χ3n) is 3.62. The number of aryl methyl sites for hydroxylation is 1. The van der Waals surface area contributed by atoms with Crippen molar-refractivity contribution in [3.63, 3.8) is 0 Å². The first-order valence-electron chi connectivity index (χ1n) is 6.72. The van der Waals surface area contributed by atoms with Crippen molar-refractivity contribution >= 4 is 46.3 Å². The molecule has 0 spiro atoms. The molecule has 0 aliphatic carbocycles. The minimum absolute atomic E-state index is 0.0117. The van der Waals surface area contributed by atoms with E-state index in [1.807, 2.05) is 6.07 Å². The summed E-state index contributed by atoms with van der Waals surface area (Å²) in [5.41, 5.74) is 1.45. The minimum atomic E-state index is -0.749. The van der Waals surface area contributed by atoms with Crippen LogP contribution in [-0.4, -0.2) is 44.7 Å². The summed E-state index contributed by atoms with van der Waals surface area (Å²) in [6, 6.07) is 4.38. The number of carbonyl (C=O) groups excluding carboxylic acids is 4. The summed E-state index contributed by atoms with van der Waals surface area (Å²) in [5, 5.41) is 3.95. The molecule has 0 atom stereocenters. The van der Waals surface area contributed by atoms with Crippen LogP contribution in [0.25, 0.3) is 0 Å². The molecule has 114 valence electrons. The predicted octanol–water partition coefficient (Wildman–Crippen LogP) is 1.12. The summed E-state index contributed by atoms with van der Waals surface area (Å²) < 4.78 is 0.814. The van der Waals surface area contributed by atoms with Gasteiger partial charge in [0.15, 0.2) is 0 Å². The fourth-order valence-electron chi connectivity index (χ4n) is 2.62. The van der Waals surface area contributed by atoms with Crippen molar-refractivity contribution in [2.45, 2.75) is 12.8 Å². The maximum atomic E-state index is 12.6. The molecule has 0 unspecified atom stereocenters. The van der Waals surface area contributed by atoms with E-state index in [-0.39, 0.29) is 13.0 Å². The fourth-order valence-corrected chi connectivity index (χ4v) is 3.20. The molecule has 7 nitrogen and oxygen atoms in total. The lowest BCUT2D eigenvalue weighted by atomic mass is 10.0. The van der Waals surface area contributed by atoms with Gasteiger partial charge >= 0.3 is 6.03 Å². The van der Waals surface area contributed by atoms with Crippen molar-refractivity contribution in [3.05, 3.63) is 34.9 Å². The van der Waals surface area contributed by atoms with Gasteiger partial charge in [0.25, 0.3) is 11.8 Å². The van der Waals surface area contributed by atoms with Crippen molar-refractivity contribution in [2.24, 2.45) is 0 Å². The maximum Gasteiger partial charge on any atom is 0.343 e. The smallest absolute Gasteiger partial charge is 0.276 e. The molecule has 1 aromatic rings. The van der Waals surface area contributed by atoms with Crippen molar-refractivity contribution < 1.29 is 19.2 Å². The van der Waals surface area contributed by atoms with Gasteiger partial charge in [-0.05, 0) is 18.1 Å². The number of alkyl halides is 1. The van der Waals surface area contributed by atoms with Gasteiger partial charge in [-0.25, -0.2) is 9.80 Å². The first kappa shape index (κ1) is 14.9. The third kappa shape index (κ3) is 2.27. The molecule has 0 saturated carbocycles. The summed E-state index contributed by atoms with van der Waals surface area (Å²) in [4.78, 5) is 48.2. The Kier molecular flexibility index (Phi) is 3.85. The Morgan fingerprint density at radius 1 is 1.14 bits per heavy atom. The molecule has 22 heavy (non-hydrogen) atoms. The molecule has 0 radical (unpaired) electrons. The van der Waals surface area contributed by atoms with Crippen LogP contribution in [0.5, 0.6) is 0 Å². The zero-order valence-corrected chi connectivity index (χ0v) is 13.6. The SMILES string of the molecule is O=C1CCN(N2C(=O)c3cccc(CCI)c3C2=O)C(=O)N1. The van der Waals surface area contributed by atoms with E-state index in [0.29, 0.717) is 17.5 Å². The van der Waals surface area contributed by atoms with E-state index < -0.39 is 23.8 Å². The molecule has 5 amide bonds. The largest absolute Gasteiger partial charge is 0.343 e. The highest BCUT2D eigenvalue weighted by Gasteiger charge is 2.43. The Bertz CT molecular complexity index is 703. The summed E-state index contributed by atoms with van der Waals surface area (Å²) in [7, 11) is 0. The number of nitrogens with zero attached hydrogens (tertiary/aromatic N) is 2. The van der Waals surface area contributed by atoms with Crippen molar-refractivity contribution in [2.75, 3.05) is 11.0 Å². The van der Waals surface area contributed by atoms with Gasteiger partial charge in [-0.2, -0.15) is 5.01 Å². The molecule has 3 rings (SSSR count). The molecule has 2 aliphatic heterocycles. The lowest BCUT2D eigenvalue weighted by Gasteiger charge is -2.32. The number of carbonyl (C=O) groups is 4. The second kappa shape index (κ2) is 5.67. The molecule has 8 heteroatoms. The number of imide groups is 2. The van der Waals surface area contributed by atoms with E-state index in [1.54, 1.807) is 12.1 Å². The average molecular weight is 413 g/mol. The second-order valence-corrected chi connectivity index (χ2v) is 6.01. The Hall–Kier alpha value is -1.97. The number of fused-ring (bicyclic) bond motifs is 1. The van der Waals surface area contributed by atoms with Crippen LogP contribution < -0.4 is 5.32 Å². The van der Waals surface area contributed by atoms with Crippen molar-refractivity contribution in [3.8, 4) is 0 Å². The summed E-state index contributed by atoms with van der Waals surface area (Å²) in [6.07, 6.45) is 0.723. The Labute approximate surface area is 139 Å².